The number of carbonyl (C=O) groups is 1. The summed E-state index contributed by atoms with van der Waals surface area (Å²) in [6, 6.07) is 3.73. The number of pyridine rings is 1. The zero-order chi connectivity index (χ0) is 15.6. The van der Waals surface area contributed by atoms with Gasteiger partial charge in [-0.1, -0.05) is 0 Å². The van der Waals surface area contributed by atoms with Gasteiger partial charge in [0.1, 0.15) is 36.0 Å². The molecule has 1 saturated heterocycles. The van der Waals surface area contributed by atoms with Crippen molar-refractivity contribution in [3.63, 3.8) is 0 Å². The summed E-state index contributed by atoms with van der Waals surface area (Å²) >= 11 is 0. The van der Waals surface area contributed by atoms with E-state index in [0.29, 0.717) is 29.9 Å². The lowest BCUT2D eigenvalue weighted by Gasteiger charge is -2.31. The highest BCUT2D eigenvalue weighted by Gasteiger charge is 2.32. The maximum atomic E-state index is 11.7. The zero-order valence-corrected chi connectivity index (χ0v) is 12.8. The molecule has 0 aromatic carbocycles. The number of esters is 1. The number of nitrogens with one attached hydrogen (secondary N) is 1. The molecule has 0 saturated carbocycles. The van der Waals surface area contributed by atoms with Gasteiger partial charge >= 0.3 is 5.97 Å². The summed E-state index contributed by atoms with van der Waals surface area (Å²) < 4.78 is 10.4. The summed E-state index contributed by atoms with van der Waals surface area (Å²) in [5.41, 5.74) is 1.50. The number of H-pyrrole nitrogens is 1. The Bertz CT molecular complexity index is 585. The summed E-state index contributed by atoms with van der Waals surface area (Å²) in [7, 11) is 1.33. The van der Waals surface area contributed by atoms with Crippen molar-refractivity contribution < 1.29 is 19.3 Å². The van der Waals surface area contributed by atoms with Crippen LogP contribution in [-0.2, 0) is 9.47 Å². The van der Waals surface area contributed by atoms with E-state index in [9.17, 15) is 10.1 Å². The van der Waals surface area contributed by atoms with Crippen molar-refractivity contribution >= 4 is 11.8 Å². The van der Waals surface area contributed by atoms with Gasteiger partial charge in [0.25, 0.3) is 5.82 Å². The Morgan fingerprint density at radius 3 is 2.62 bits per heavy atom. The molecular formula is C15H20N3O3+. The highest BCUT2D eigenvalue weighted by molar-refractivity contribution is 5.90. The number of rotatable bonds is 2. The highest BCUT2D eigenvalue weighted by atomic mass is 16.5. The molecule has 0 amide bonds. The van der Waals surface area contributed by atoms with Crippen molar-refractivity contribution in [2.75, 3.05) is 25.1 Å². The lowest BCUT2D eigenvalue weighted by molar-refractivity contribution is -0.375. The van der Waals surface area contributed by atoms with Crippen LogP contribution in [0.5, 0.6) is 0 Å². The number of anilines is 1. The molecule has 0 aliphatic carbocycles. The van der Waals surface area contributed by atoms with Crippen LogP contribution in [0.25, 0.3) is 0 Å². The molecular weight excluding hydrogens is 270 g/mol. The molecule has 6 nitrogen and oxygen atoms in total. The number of aromatic nitrogens is 1. The van der Waals surface area contributed by atoms with Crippen LogP contribution in [0, 0.1) is 18.3 Å². The summed E-state index contributed by atoms with van der Waals surface area (Å²) in [5.74, 6) is 0.278. The van der Waals surface area contributed by atoms with Gasteiger partial charge in [0.2, 0.25) is 0 Å². The minimum Gasteiger partial charge on any atom is -0.465 e. The van der Waals surface area contributed by atoms with Crippen LogP contribution in [-0.4, -0.2) is 38.4 Å². The lowest BCUT2D eigenvalue weighted by atomic mass is 10.1. The van der Waals surface area contributed by atoms with E-state index in [2.05, 4.69) is 16.0 Å². The average molecular weight is 290 g/mol. The van der Waals surface area contributed by atoms with Gasteiger partial charge in [-0.3, -0.25) is 4.90 Å². The Morgan fingerprint density at radius 2 is 2.10 bits per heavy atom. The molecule has 0 spiro atoms. The first-order chi connectivity index (χ1) is 9.96. The molecule has 2 heterocycles. The monoisotopic (exact) mass is 290 g/mol. The molecule has 1 aromatic heterocycles. The van der Waals surface area contributed by atoms with Crippen LogP contribution >= 0.6 is 0 Å². The minimum atomic E-state index is -0.449. The predicted molar refractivity (Wildman–Crippen MR) is 76.0 cm³/mol. The molecule has 21 heavy (non-hydrogen) atoms. The van der Waals surface area contributed by atoms with Crippen LogP contribution in [0.3, 0.4) is 0 Å². The second kappa shape index (κ2) is 6.10. The van der Waals surface area contributed by atoms with E-state index in [1.54, 1.807) is 13.0 Å². The number of methoxy groups -OCH3 is 1. The second-order valence-electron chi connectivity index (χ2n) is 5.34. The van der Waals surface area contributed by atoms with Crippen molar-refractivity contribution in [3.05, 3.63) is 22.9 Å². The Balaban J connectivity index is 2.42. The van der Waals surface area contributed by atoms with Crippen molar-refractivity contribution in [1.82, 2.24) is 0 Å². The summed E-state index contributed by atoms with van der Waals surface area (Å²) in [4.78, 5) is 17.0. The van der Waals surface area contributed by atoms with Gasteiger partial charge in [-0.2, -0.15) is 5.26 Å². The van der Waals surface area contributed by atoms with Gasteiger partial charge in [-0.25, -0.2) is 9.78 Å². The SMILES string of the molecule is COC(=O)c1cc(C#N)c(N2C[C@@H](C)O[C@H](C)C2)[nH+]c1C. The minimum absolute atomic E-state index is 0.0919. The number of aromatic amines is 1. The van der Waals surface area contributed by atoms with E-state index in [-0.39, 0.29) is 12.2 Å². The Kier molecular flexibility index (Phi) is 4.43. The molecule has 2 atom stereocenters. The lowest BCUT2D eigenvalue weighted by Crippen LogP contribution is -2.48. The van der Waals surface area contributed by atoms with Crippen LogP contribution in [0.4, 0.5) is 5.82 Å². The normalized spacial score (nSPS) is 21.8. The van der Waals surface area contributed by atoms with Crippen LogP contribution < -0.4 is 9.88 Å². The topological polar surface area (TPSA) is 76.7 Å². The van der Waals surface area contributed by atoms with E-state index in [0.717, 1.165) is 5.82 Å². The van der Waals surface area contributed by atoms with Gasteiger partial charge in [-0.15, -0.1) is 0 Å². The van der Waals surface area contributed by atoms with Gasteiger partial charge in [0.05, 0.1) is 19.3 Å². The first-order valence-electron chi connectivity index (χ1n) is 6.92. The van der Waals surface area contributed by atoms with E-state index in [1.807, 2.05) is 13.8 Å². The van der Waals surface area contributed by atoms with Crippen molar-refractivity contribution in [3.8, 4) is 6.07 Å². The summed E-state index contributed by atoms with van der Waals surface area (Å²) in [5, 5.41) is 9.37. The number of ether oxygens (including phenoxy) is 2. The quantitative estimate of drug-likeness (QED) is 0.762. The largest absolute Gasteiger partial charge is 0.465 e. The summed E-state index contributed by atoms with van der Waals surface area (Å²) in [6.45, 7) is 7.21. The highest BCUT2D eigenvalue weighted by Crippen LogP contribution is 2.21. The number of morpholine rings is 1. The van der Waals surface area contributed by atoms with Crippen LogP contribution in [0.1, 0.15) is 35.5 Å². The van der Waals surface area contributed by atoms with Gasteiger partial charge in [0, 0.05) is 0 Å². The molecule has 0 unspecified atom stereocenters. The molecule has 0 bridgehead atoms. The standard InChI is InChI=1S/C15H19N3O3/c1-9-7-18(8-10(2)21-9)14-12(6-16)5-13(11(3)17-14)15(19)20-4/h5,9-10H,7-8H2,1-4H3/p+1/t9-,10-/m1/s1. The third-order valence-electron chi connectivity index (χ3n) is 3.52. The number of aryl methyl sites for hydroxylation is 1. The van der Waals surface area contributed by atoms with Gasteiger partial charge in [-0.05, 0) is 26.8 Å². The smallest absolute Gasteiger partial charge is 0.341 e. The number of carbonyl (C=O) groups excluding carboxylic acids is 1. The Labute approximate surface area is 124 Å². The van der Waals surface area contributed by atoms with Gasteiger partial charge in [0.15, 0.2) is 0 Å². The number of nitriles is 1. The maximum Gasteiger partial charge on any atom is 0.341 e. The molecule has 1 aliphatic rings. The maximum absolute atomic E-state index is 11.7. The molecule has 2 rings (SSSR count). The third kappa shape index (κ3) is 3.14. The van der Waals surface area contributed by atoms with Crippen molar-refractivity contribution in [2.24, 2.45) is 0 Å². The second-order valence-corrected chi connectivity index (χ2v) is 5.34. The van der Waals surface area contributed by atoms with Gasteiger partial charge < -0.3 is 9.47 Å². The van der Waals surface area contributed by atoms with E-state index in [4.69, 9.17) is 9.47 Å². The molecule has 0 radical (unpaired) electrons. The van der Waals surface area contributed by atoms with Crippen molar-refractivity contribution in [2.45, 2.75) is 33.0 Å². The van der Waals surface area contributed by atoms with E-state index in [1.165, 1.54) is 7.11 Å². The average Bonchev–Trinajstić information content (AvgIpc) is 2.45. The number of hydrogen-bond donors (Lipinski definition) is 0. The fourth-order valence-electron chi connectivity index (χ4n) is 2.65. The Hall–Kier alpha value is -2.13. The first-order valence-corrected chi connectivity index (χ1v) is 6.92. The molecule has 1 aromatic rings. The predicted octanol–water partition coefficient (Wildman–Crippen LogP) is 1.08. The number of nitrogens with zero attached hydrogens (tertiary/aromatic N) is 2. The Morgan fingerprint density at radius 1 is 1.48 bits per heavy atom. The van der Waals surface area contributed by atoms with Crippen LogP contribution in [0.15, 0.2) is 6.07 Å². The first kappa shape index (κ1) is 15.3. The summed E-state index contributed by atoms with van der Waals surface area (Å²) in [6.07, 6.45) is 0.184. The zero-order valence-electron chi connectivity index (χ0n) is 12.8. The molecule has 1 aliphatic heterocycles. The fourth-order valence-corrected chi connectivity index (χ4v) is 2.65. The van der Waals surface area contributed by atoms with E-state index >= 15 is 0 Å². The molecule has 1 N–H and O–H groups in total. The molecule has 6 heteroatoms. The van der Waals surface area contributed by atoms with E-state index < -0.39 is 5.97 Å². The number of hydrogen-bond acceptors (Lipinski definition) is 5. The molecule has 112 valence electrons. The third-order valence-corrected chi connectivity index (χ3v) is 3.52. The molecule has 1 fully saturated rings. The van der Waals surface area contributed by atoms with Crippen molar-refractivity contribution in [1.29, 1.82) is 5.26 Å². The fraction of sp³-hybridized carbons (Fsp3) is 0.533. The van der Waals surface area contributed by atoms with Crippen LogP contribution in [0.2, 0.25) is 0 Å².